The second kappa shape index (κ2) is 8.81. The molecule has 0 aliphatic carbocycles. The smallest absolute Gasteiger partial charge is 0.185 e. The first-order valence-electron chi connectivity index (χ1n) is 13.1. The Morgan fingerprint density at radius 2 is 1.00 bits per heavy atom. The number of rotatable bonds is 3. The van der Waals surface area contributed by atoms with Crippen molar-refractivity contribution in [3.8, 4) is 56.4 Å². The minimum absolute atomic E-state index is 0.555. The first kappa shape index (κ1) is 23.0. The molecule has 2 aliphatic heterocycles. The quantitative estimate of drug-likeness (QED) is 0.216. The summed E-state index contributed by atoms with van der Waals surface area (Å²) in [5.74, 6) is 2.36. The van der Waals surface area contributed by atoms with Crippen molar-refractivity contribution in [3.63, 3.8) is 0 Å². The average Bonchev–Trinajstić information content (AvgIpc) is 3.02. The van der Waals surface area contributed by atoms with Crippen molar-refractivity contribution in [3.05, 3.63) is 134 Å². The van der Waals surface area contributed by atoms with Crippen LogP contribution in [0.4, 0.5) is 0 Å². The summed E-state index contributed by atoms with van der Waals surface area (Å²) >= 11 is 0. The third-order valence-electron chi connectivity index (χ3n) is 7.63. The van der Waals surface area contributed by atoms with E-state index in [1.54, 1.807) is 12.4 Å². The molecule has 190 valence electrons. The van der Waals surface area contributed by atoms with Crippen molar-refractivity contribution < 1.29 is 14.0 Å². The lowest BCUT2D eigenvalue weighted by Gasteiger charge is -2.36. The molecule has 2 aliphatic rings. The molecule has 4 nitrogen and oxygen atoms in total. The number of fused-ring (bicyclic) bond motifs is 4. The van der Waals surface area contributed by atoms with Gasteiger partial charge in [-0.05, 0) is 58.7 Å². The topological polar surface area (TPSA) is 48.4 Å². The van der Waals surface area contributed by atoms with E-state index in [4.69, 9.17) is 9.47 Å². The molecule has 40 heavy (non-hydrogen) atoms. The molecule has 0 spiro atoms. The molecule has 0 amide bonds. The van der Waals surface area contributed by atoms with E-state index >= 15 is 4.57 Å². The molecule has 0 atom stereocenters. The maximum absolute atomic E-state index is 15.8. The Bertz CT molecular complexity index is 1850. The van der Waals surface area contributed by atoms with E-state index in [0.717, 1.165) is 33.4 Å². The summed E-state index contributed by atoms with van der Waals surface area (Å²) in [5, 5.41) is 1.99. The van der Waals surface area contributed by atoms with Gasteiger partial charge in [0.25, 0.3) is 0 Å². The van der Waals surface area contributed by atoms with Gasteiger partial charge in [-0.15, -0.1) is 0 Å². The maximum Gasteiger partial charge on any atom is 0.185 e. The third kappa shape index (κ3) is 3.33. The first-order valence-corrected chi connectivity index (χ1v) is 14.9. The van der Waals surface area contributed by atoms with Crippen LogP contribution in [0.5, 0.6) is 23.0 Å². The van der Waals surface area contributed by atoms with E-state index in [1.165, 1.54) is 0 Å². The lowest BCUT2D eigenvalue weighted by molar-refractivity contribution is 0.463. The molecule has 0 radical (unpaired) electrons. The predicted octanol–water partition coefficient (Wildman–Crippen LogP) is 7.93. The van der Waals surface area contributed by atoms with Crippen molar-refractivity contribution in [1.29, 1.82) is 0 Å². The van der Waals surface area contributed by atoms with Crippen LogP contribution in [0.25, 0.3) is 33.4 Å². The van der Waals surface area contributed by atoms with Crippen molar-refractivity contribution in [2.24, 2.45) is 0 Å². The predicted molar refractivity (Wildman–Crippen MR) is 160 cm³/mol. The van der Waals surface area contributed by atoms with E-state index in [-0.39, 0.29) is 0 Å². The van der Waals surface area contributed by atoms with Gasteiger partial charge in [0.1, 0.15) is 28.3 Å². The molecular weight excluding hydrogens is 513 g/mol. The van der Waals surface area contributed by atoms with Gasteiger partial charge in [0.05, 0.1) is 10.6 Å². The van der Waals surface area contributed by atoms with Crippen LogP contribution >= 0.6 is 7.14 Å². The molecule has 5 heteroatoms. The Morgan fingerprint density at radius 3 is 1.50 bits per heavy atom. The highest BCUT2D eigenvalue weighted by Crippen LogP contribution is 2.61. The van der Waals surface area contributed by atoms with Crippen LogP contribution in [0.3, 0.4) is 0 Å². The van der Waals surface area contributed by atoms with Crippen LogP contribution < -0.4 is 25.4 Å². The minimum atomic E-state index is -3.38. The SMILES string of the molecule is O=P12c3cccc(-c4ccccc4)c3Oc3cc(-c4ccncc4)cc(c31)Oc1c(-c3ccccc3)cccc12. The monoisotopic (exact) mass is 535 g/mol. The fraction of sp³-hybridized carbons (Fsp3) is 0. The molecule has 0 fully saturated rings. The van der Waals surface area contributed by atoms with E-state index in [2.05, 4.69) is 29.2 Å². The summed E-state index contributed by atoms with van der Waals surface area (Å²) in [4.78, 5) is 4.18. The van der Waals surface area contributed by atoms with Gasteiger partial charge in [-0.2, -0.15) is 0 Å². The number of benzene rings is 5. The van der Waals surface area contributed by atoms with Gasteiger partial charge in [-0.1, -0.05) is 84.9 Å². The number of hydrogen-bond donors (Lipinski definition) is 0. The van der Waals surface area contributed by atoms with Gasteiger partial charge in [-0.3, -0.25) is 4.98 Å². The van der Waals surface area contributed by atoms with E-state index in [0.29, 0.717) is 38.9 Å². The molecule has 0 N–H and O–H groups in total. The zero-order chi connectivity index (χ0) is 26.7. The van der Waals surface area contributed by atoms with Crippen LogP contribution in [0.1, 0.15) is 0 Å². The molecule has 0 saturated carbocycles. The molecule has 0 bridgehead atoms. The summed E-state index contributed by atoms with van der Waals surface area (Å²) in [5.41, 5.74) is 5.70. The van der Waals surface area contributed by atoms with E-state index < -0.39 is 7.14 Å². The van der Waals surface area contributed by atoms with Crippen LogP contribution in [0, 0.1) is 0 Å². The first-order chi connectivity index (χ1) is 19.7. The Labute approximate surface area is 231 Å². The van der Waals surface area contributed by atoms with Crippen molar-refractivity contribution >= 4 is 23.1 Å². The molecule has 5 aromatic carbocycles. The molecule has 3 heterocycles. The summed E-state index contributed by atoms with van der Waals surface area (Å²) in [6.45, 7) is 0. The third-order valence-corrected chi connectivity index (χ3v) is 10.8. The van der Waals surface area contributed by atoms with Crippen LogP contribution in [0.2, 0.25) is 0 Å². The van der Waals surface area contributed by atoms with Crippen molar-refractivity contribution in [2.75, 3.05) is 0 Å². The number of nitrogens with zero attached hydrogens (tertiary/aromatic N) is 1. The number of pyridine rings is 1. The highest BCUT2D eigenvalue weighted by atomic mass is 31.2. The van der Waals surface area contributed by atoms with Gasteiger partial charge in [0.2, 0.25) is 0 Å². The van der Waals surface area contributed by atoms with Crippen molar-refractivity contribution in [1.82, 2.24) is 4.98 Å². The summed E-state index contributed by atoms with van der Waals surface area (Å²) < 4.78 is 29.2. The summed E-state index contributed by atoms with van der Waals surface area (Å²) in [6.07, 6.45) is 3.52. The van der Waals surface area contributed by atoms with Gasteiger partial charge >= 0.3 is 0 Å². The normalized spacial score (nSPS) is 13.7. The highest BCUT2D eigenvalue weighted by Gasteiger charge is 2.47. The van der Waals surface area contributed by atoms with E-state index in [9.17, 15) is 0 Å². The lowest BCUT2D eigenvalue weighted by Crippen LogP contribution is -2.35. The fourth-order valence-electron chi connectivity index (χ4n) is 5.80. The maximum atomic E-state index is 15.8. The van der Waals surface area contributed by atoms with Crippen LogP contribution in [0.15, 0.2) is 134 Å². The number of para-hydroxylation sites is 2. The standard InChI is InChI=1S/C35H22NO3P/c37-40-31-15-7-13-27(24-9-3-1-4-10-24)33(31)38-29-21-26(23-17-19-36-20-18-23)22-30(35(29)40)39-34-28(14-8-16-32(34)40)25-11-5-2-6-12-25/h1-22H. The number of ether oxygens (including phenoxy) is 2. The lowest BCUT2D eigenvalue weighted by atomic mass is 10.0. The highest BCUT2D eigenvalue weighted by molar-refractivity contribution is 7.86. The second-order valence-electron chi connectivity index (χ2n) is 9.91. The van der Waals surface area contributed by atoms with Crippen molar-refractivity contribution in [2.45, 2.75) is 0 Å². The molecule has 6 aromatic rings. The zero-order valence-electron chi connectivity index (χ0n) is 21.3. The van der Waals surface area contributed by atoms with Crippen LogP contribution in [-0.4, -0.2) is 4.98 Å². The molecular formula is C35H22NO3P. The van der Waals surface area contributed by atoms with Gasteiger partial charge in [0.15, 0.2) is 7.14 Å². The van der Waals surface area contributed by atoms with Crippen LogP contribution in [-0.2, 0) is 4.57 Å². The van der Waals surface area contributed by atoms with Gasteiger partial charge < -0.3 is 14.0 Å². The Morgan fingerprint density at radius 1 is 0.500 bits per heavy atom. The molecule has 0 saturated heterocycles. The summed E-state index contributed by atoms with van der Waals surface area (Å²) in [6, 6.07) is 39.9. The average molecular weight is 536 g/mol. The van der Waals surface area contributed by atoms with E-state index in [1.807, 2.05) is 97.1 Å². The largest absolute Gasteiger partial charge is 0.455 e. The molecule has 1 aromatic heterocycles. The number of hydrogen-bond acceptors (Lipinski definition) is 4. The minimum Gasteiger partial charge on any atom is -0.455 e. The number of aromatic nitrogens is 1. The molecule has 8 rings (SSSR count). The zero-order valence-corrected chi connectivity index (χ0v) is 22.2. The second-order valence-corrected chi connectivity index (χ2v) is 12.5. The van der Waals surface area contributed by atoms with Gasteiger partial charge in [0, 0.05) is 23.5 Å². The summed E-state index contributed by atoms with van der Waals surface area (Å²) in [7, 11) is -3.38. The van der Waals surface area contributed by atoms with Gasteiger partial charge in [-0.25, -0.2) is 0 Å². The molecule has 0 unspecified atom stereocenters. The fourth-order valence-corrected chi connectivity index (χ4v) is 8.88. The Hall–Kier alpha value is -4.92. The Balaban J connectivity index is 1.46. The Kier molecular flexibility index (Phi) is 5.07.